The van der Waals surface area contributed by atoms with Crippen molar-refractivity contribution < 1.29 is 19.0 Å². The van der Waals surface area contributed by atoms with Crippen LogP contribution in [0, 0.1) is 5.82 Å². The zero-order valence-electron chi connectivity index (χ0n) is 15.3. The molecule has 0 aliphatic carbocycles. The number of ether oxygens (including phenoxy) is 1. The number of rotatable bonds is 3. The predicted octanol–water partition coefficient (Wildman–Crippen LogP) is 4.89. The molecule has 4 nitrogen and oxygen atoms in total. The fourth-order valence-corrected chi connectivity index (χ4v) is 3.54. The van der Waals surface area contributed by atoms with Gasteiger partial charge in [0.2, 0.25) is 0 Å². The number of halogens is 1. The van der Waals surface area contributed by atoms with Crippen LogP contribution in [0.1, 0.15) is 16.7 Å². The Hall–Kier alpha value is -3.34. The Morgan fingerprint density at radius 3 is 2.64 bits per heavy atom. The second kappa shape index (κ2) is 7.72. The maximum atomic E-state index is 14.4. The van der Waals surface area contributed by atoms with Crippen molar-refractivity contribution in [2.45, 2.75) is 19.6 Å². The van der Waals surface area contributed by atoms with Crippen molar-refractivity contribution in [1.82, 2.24) is 4.90 Å². The van der Waals surface area contributed by atoms with Crippen molar-refractivity contribution in [3.8, 4) is 16.9 Å². The molecule has 5 heteroatoms. The molecule has 3 aromatic carbocycles. The van der Waals surface area contributed by atoms with Gasteiger partial charge in [0.1, 0.15) is 18.2 Å². The van der Waals surface area contributed by atoms with Gasteiger partial charge in [0, 0.05) is 13.1 Å². The molecule has 0 spiro atoms. The summed E-state index contributed by atoms with van der Waals surface area (Å²) in [5.41, 5.74) is 3.89. The Balaban J connectivity index is 1.57. The first-order valence-electron chi connectivity index (χ1n) is 9.17. The summed E-state index contributed by atoms with van der Waals surface area (Å²) in [5.74, 6) is -0.123. The first-order chi connectivity index (χ1) is 13.6. The molecule has 1 aliphatic heterocycles. The van der Waals surface area contributed by atoms with Crippen molar-refractivity contribution in [3.63, 3.8) is 0 Å². The summed E-state index contributed by atoms with van der Waals surface area (Å²) in [6.07, 6.45) is 0.00877. The molecule has 4 rings (SSSR count). The van der Waals surface area contributed by atoms with Gasteiger partial charge in [0.15, 0.2) is 0 Å². The predicted molar refractivity (Wildman–Crippen MR) is 104 cm³/mol. The number of hydrogen-bond donors (Lipinski definition) is 1. The van der Waals surface area contributed by atoms with Gasteiger partial charge in [-0.1, -0.05) is 48.5 Å². The van der Waals surface area contributed by atoms with E-state index in [2.05, 4.69) is 0 Å². The Morgan fingerprint density at radius 2 is 1.86 bits per heavy atom. The quantitative estimate of drug-likeness (QED) is 0.707. The monoisotopic (exact) mass is 377 g/mol. The van der Waals surface area contributed by atoms with Crippen LogP contribution in [0.25, 0.3) is 11.1 Å². The van der Waals surface area contributed by atoms with E-state index in [1.807, 2.05) is 36.4 Å². The van der Waals surface area contributed by atoms with Gasteiger partial charge in [-0.25, -0.2) is 9.18 Å². The third-order valence-electron chi connectivity index (χ3n) is 4.98. The van der Waals surface area contributed by atoms with Crippen LogP contribution in [0.5, 0.6) is 5.75 Å². The lowest BCUT2D eigenvalue weighted by molar-refractivity contribution is 0.0917. The molecule has 142 valence electrons. The van der Waals surface area contributed by atoms with Crippen molar-refractivity contribution in [2.24, 2.45) is 0 Å². The summed E-state index contributed by atoms with van der Waals surface area (Å²) < 4.78 is 19.8. The molecule has 0 unspecified atom stereocenters. The average molecular weight is 377 g/mol. The van der Waals surface area contributed by atoms with E-state index < -0.39 is 6.09 Å². The summed E-state index contributed by atoms with van der Waals surface area (Å²) in [7, 11) is 0. The molecule has 28 heavy (non-hydrogen) atoms. The largest absolute Gasteiger partial charge is 0.508 e. The van der Waals surface area contributed by atoms with Gasteiger partial charge >= 0.3 is 6.09 Å². The Kier molecular flexibility index (Phi) is 4.98. The molecule has 0 bridgehead atoms. The van der Waals surface area contributed by atoms with Crippen LogP contribution in [0.2, 0.25) is 0 Å². The number of phenolic OH excluding ortho intramolecular Hbond substituents is 1. The number of nitrogens with zero attached hydrogens (tertiary/aromatic N) is 1. The van der Waals surface area contributed by atoms with Crippen LogP contribution in [0.15, 0.2) is 66.7 Å². The lowest BCUT2D eigenvalue weighted by Gasteiger charge is -2.30. The summed E-state index contributed by atoms with van der Waals surface area (Å²) in [5, 5.41) is 9.79. The molecule has 1 N–H and O–H groups in total. The Bertz CT molecular complexity index is 1000. The molecule has 1 heterocycles. The minimum absolute atomic E-state index is 0.144. The van der Waals surface area contributed by atoms with Gasteiger partial charge < -0.3 is 14.7 Å². The number of fused-ring (bicyclic) bond motifs is 1. The zero-order valence-corrected chi connectivity index (χ0v) is 15.3. The van der Waals surface area contributed by atoms with Gasteiger partial charge in [-0.2, -0.15) is 0 Å². The van der Waals surface area contributed by atoms with E-state index >= 15 is 0 Å². The highest BCUT2D eigenvalue weighted by Crippen LogP contribution is 2.33. The summed E-state index contributed by atoms with van der Waals surface area (Å²) in [4.78, 5) is 14.1. The van der Waals surface area contributed by atoms with Crippen molar-refractivity contribution >= 4 is 6.09 Å². The number of benzene rings is 3. The molecule has 0 saturated carbocycles. The number of hydrogen-bond acceptors (Lipinski definition) is 3. The van der Waals surface area contributed by atoms with E-state index in [4.69, 9.17) is 4.74 Å². The van der Waals surface area contributed by atoms with E-state index in [9.17, 15) is 14.3 Å². The zero-order chi connectivity index (χ0) is 19.5. The highest BCUT2D eigenvalue weighted by atomic mass is 19.1. The van der Waals surface area contributed by atoms with Crippen LogP contribution in [0.4, 0.5) is 9.18 Å². The Labute approximate surface area is 162 Å². The standard InChI is InChI=1S/C23H20FNO3/c24-22-10-9-19(17-7-4-8-18(26)13-17)21-14-25(12-11-20(21)22)23(27)28-15-16-5-2-1-3-6-16/h1-10,13,26H,11-12,14-15H2. The summed E-state index contributed by atoms with van der Waals surface area (Å²) in [6, 6.07) is 19.5. The van der Waals surface area contributed by atoms with Crippen molar-refractivity contribution in [3.05, 3.63) is 89.2 Å². The third kappa shape index (κ3) is 3.69. The molecule has 0 atom stereocenters. The maximum absolute atomic E-state index is 14.4. The number of carbonyl (C=O) groups excluding carboxylic acids is 1. The molecule has 0 aromatic heterocycles. The summed E-state index contributed by atoms with van der Waals surface area (Å²) >= 11 is 0. The van der Waals surface area contributed by atoms with Crippen LogP contribution < -0.4 is 0 Å². The van der Waals surface area contributed by atoms with Crippen LogP contribution >= 0.6 is 0 Å². The van der Waals surface area contributed by atoms with Gasteiger partial charge in [-0.15, -0.1) is 0 Å². The number of phenols is 1. The van der Waals surface area contributed by atoms with Gasteiger partial charge in [-0.3, -0.25) is 0 Å². The second-order valence-electron chi connectivity index (χ2n) is 6.81. The smallest absolute Gasteiger partial charge is 0.410 e. The first kappa shape index (κ1) is 18.0. The van der Waals surface area contributed by atoms with Gasteiger partial charge in [-0.05, 0) is 52.4 Å². The lowest BCUT2D eigenvalue weighted by Crippen LogP contribution is -2.37. The molecule has 0 radical (unpaired) electrons. The highest BCUT2D eigenvalue weighted by molar-refractivity contribution is 5.73. The topological polar surface area (TPSA) is 49.8 Å². The van der Waals surface area contributed by atoms with Gasteiger partial charge in [0.05, 0.1) is 0 Å². The van der Waals surface area contributed by atoms with E-state index in [0.717, 1.165) is 22.3 Å². The third-order valence-corrected chi connectivity index (χ3v) is 4.98. The molecule has 0 fully saturated rings. The highest BCUT2D eigenvalue weighted by Gasteiger charge is 2.26. The molecule has 0 saturated heterocycles. The van der Waals surface area contributed by atoms with E-state index in [1.165, 1.54) is 6.07 Å². The lowest BCUT2D eigenvalue weighted by atomic mass is 9.91. The fourth-order valence-electron chi connectivity index (χ4n) is 3.54. The fraction of sp³-hybridized carbons (Fsp3) is 0.174. The first-order valence-corrected chi connectivity index (χ1v) is 9.17. The molecule has 3 aromatic rings. The van der Waals surface area contributed by atoms with Crippen LogP contribution in [-0.2, 0) is 24.3 Å². The molecule has 1 amide bonds. The minimum Gasteiger partial charge on any atom is -0.508 e. The number of aromatic hydroxyl groups is 1. The Morgan fingerprint density at radius 1 is 1.04 bits per heavy atom. The maximum Gasteiger partial charge on any atom is 0.410 e. The van der Waals surface area contributed by atoms with E-state index in [1.54, 1.807) is 29.2 Å². The molecule has 1 aliphatic rings. The van der Waals surface area contributed by atoms with Crippen LogP contribution in [0.3, 0.4) is 0 Å². The average Bonchev–Trinajstić information content (AvgIpc) is 2.73. The SMILES string of the molecule is O=C(OCc1ccccc1)N1CCc2c(F)ccc(-c3cccc(O)c3)c2C1. The van der Waals surface area contributed by atoms with E-state index in [0.29, 0.717) is 18.5 Å². The normalized spacial score (nSPS) is 13.1. The van der Waals surface area contributed by atoms with E-state index in [-0.39, 0.29) is 24.7 Å². The van der Waals surface area contributed by atoms with Crippen molar-refractivity contribution in [1.29, 1.82) is 0 Å². The minimum atomic E-state index is -0.416. The number of amides is 1. The van der Waals surface area contributed by atoms with Crippen LogP contribution in [-0.4, -0.2) is 22.6 Å². The summed E-state index contributed by atoms with van der Waals surface area (Å²) in [6.45, 7) is 0.873. The number of carbonyl (C=O) groups is 1. The molecular formula is C23H20FNO3. The second-order valence-corrected chi connectivity index (χ2v) is 6.81. The molecular weight excluding hydrogens is 357 g/mol. The van der Waals surface area contributed by atoms with Gasteiger partial charge in [0.25, 0.3) is 0 Å². The van der Waals surface area contributed by atoms with Crippen molar-refractivity contribution in [2.75, 3.05) is 6.54 Å².